The van der Waals surface area contributed by atoms with E-state index in [4.69, 9.17) is 4.99 Å². The van der Waals surface area contributed by atoms with Gasteiger partial charge in [-0.2, -0.15) is 0 Å². The Morgan fingerprint density at radius 1 is 0.773 bits per heavy atom. The molecule has 0 rings (SSSR count). The monoisotopic (exact) mass is 305 g/mol. The average molecular weight is 306 g/mol. The Labute approximate surface area is 140 Å². The van der Waals surface area contributed by atoms with Crippen molar-refractivity contribution in [2.45, 2.75) is 100.0 Å². The lowest BCUT2D eigenvalue weighted by atomic mass is 9.91. The Balaban J connectivity index is 4.17. The summed E-state index contributed by atoms with van der Waals surface area (Å²) in [6.45, 7) is 20.0. The predicted octanol–water partition coefficient (Wildman–Crippen LogP) is 7.14. The maximum Gasteiger partial charge on any atom is 0.0523 e. The van der Waals surface area contributed by atoms with E-state index in [0.717, 1.165) is 19.3 Å². The Kier molecular flexibility index (Phi) is 8.96. The minimum absolute atomic E-state index is 0.0522. The SMILES string of the molecule is C/C(=C\CC(C)(C)C)CC/C=C(\C)CC/C(C)=N/C(C)(C)C. The summed E-state index contributed by atoms with van der Waals surface area (Å²) in [7, 11) is 0. The van der Waals surface area contributed by atoms with Crippen LogP contribution in [-0.4, -0.2) is 11.3 Å². The first-order valence-electron chi connectivity index (χ1n) is 8.76. The van der Waals surface area contributed by atoms with Gasteiger partial charge in [-0.1, -0.05) is 44.1 Å². The van der Waals surface area contributed by atoms with Crippen molar-refractivity contribution in [3.05, 3.63) is 23.3 Å². The number of nitrogens with zero attached hydrogens (tertiary/aromatic N) is 1. The third kappa shape index (κ3) is 14.1. The van der Waals surface area contributed by atoms with Crippen LogP contribution in [0.5, 0.6) is 0 Å². The van der Waals surface area contributed by atoms with E-state index in [2.05, 4.69) is 74.5 Å². The van der Waals surface area contributed by atoms with E-state index in [1.807, 2.05) is 0 Å². The molecule has 0 saturated heterocycles. The second kappa shape index (κ2) is 9.33. The summed E-state index contributed by atoms with van der Waals surface area (Å²) in [5.41, 5.74) is 4.73. The van der Waals surface area contributed by atoms with Crippen LogP contribution in [0.2, 0.25) is 0 Å². The Bertz CT molecular complexity index is 408. The molecule has 0 aromatic heterocycles. The van der Waals surface area contributed by atoms with Crippen LogP contribution in [0.15, 0.2) is 28.3 Å². The highest BCUT2D eigenvalue weighted by molar-refractivity contribution is 5.82. The fraction of sp³-hybridized carbons (Fsp3) is 0.762. The lowest BCUT2D eigenvalue weighted by Crippen LogP contribution is -2.12. The molecule has 0 unspecified atom stereocenters. The zero-order valence-electron chi connectivity index (χ0n) is 16.6. The molecule has 0 atom stereocenters. The van der Waals surface area contributed by atoms with Crippen molar-refractivity contribution >= 4 is 5.71 Å². The number of allylic oxidation sites excluding steroid dienone is 4. The first-order chi connectivity index (χ1) is 9.89. The maximum absolute atomic E-state index is 4.72. The van der Waals surface area contributed by atoms with Gasteiger partial charge in [-0.15, -0.1) is 0 Å². The highest BCUT2D eigenvalue weighted by Gasteiger charge is 2.08. The van der Waals surface area contributed by atoms with Gasteiger partial charge < -0.3 is 0 Å². The van der Waals surface area contributed by atoms with Crippen molar-refractivity contribution < 1.29 is 0 Å². The van der Waals surface area contributed by atoms with Gasteiger partial charge in [-0.25, -0.2) is 0 Å². The van der Waals surface area contributed by atoms with Gasteiger partial charge in [0.2, 0.25) is 0 Å². The van der Waals surface area contributed by atoms with Crippen LogP contribution in [0.1, 0.15) is 94.4 Å². The fourth-order valence-electron chi connectivity index (χ4n) is 2.24. The Hall–Kier alpha value is -0.850. The Morgan fingerprint density at radius 3 is 1.82 bits per heavy atom. The van der Waals surface area contributed by atoms with Crippen molar-refractivity contribution in [1.29, 1.82) is 0 Å². The maximum atomic E-state index is 4.72. The highest BCUT2D eigenvalue weighted by atomic mass is 14.8. The van der Waals surface area contributed by atoms with E-state index in [9.17, 15) is 0 Å². The van der Waals surface area contributed by atoms with Crippen molar-refractivity contribution in [3.63, 3.8) is 0 Å². The number of hydrogen-bond acceptors (Lipinski definition) is 1. The van der Waals surface area contributed by atoms with E-state index in [0.29, 0.717) is 5.41 Å². The van der Waals surface area contributed by atoms with Crippen LogP contribution < -0.4 is 0 Å². The molecular formula is C21H39N. The molecule has 0 amide bonds. The number of aliphatic imine (C=N–C) groups is 1. The van der Waals surface area contributed by atoms with Crippen LogP contribution in [0.3, 0.4) is 0 Å². The molecule has 0 aromatic rings. The molecule has 0 bridgehead atoms. The third-order valence-electron chi connectivity index (χ3n) is 3.50. The molecule has 0 N–H and O–H groups in total. The zero-order valence-corrected chi connectivity index (χ0v) is 16.6. The molecule has 1 nitrogen and oxygen atoms in total. The van der Waals surface area contributed by atoms with Gasteiger partial charge in [0.15, 0.2) is 0 Å². The van der Waals surface area contributed by atoms with Crippen LogP contribution in [-0.2, 0) is 0 Å². The molecule has 128 valence electrons. The van der Waals surface area contributed by atoms with Crippen LogP contribution in [0.25, 0.3) is 0 Å². The molecule has 0 heterocycles. The zero-order chi connectivity index (χ0) is 17.4. The van der Waals surface area contributed by atoms with Crippen molar-refractivity contribution in [2.24, 2.45) is 10.4 Å². The molecule has 0 fully saturated rings. The summed E-state index contributed by atoms with van der Waals surface area (Å²) in [6.07, 6.45) is 10.5. The highest BCUT2D eigenvalue weighted by Crippen LogP contribution is 2.21. The first-order valence-corrected chi connectivity index (χ1v) is 8.76. The molecule has 0 aliphatic carbocycles. The van der Waals surface area contributed by atoms with Gasteiger partial charge in [0.05, 0.1) is 5.54 Å². The van der Waals surface area contributed by atoms with Gasteiger partial charge in [0, 0.05) is 5.71 Å². The van der Waals surface area contributed by atoms with Gasteiger partial charge in [0.25, 0.3) is 0 Å². The van der Waals surface area contributed by atoms with Crippen molar-refractivity contribution in [3.8, 4) is 0 Å². The summed E-state index contributed by atoms with van der Waals surface area (Å²) in [5.74, 6) is 0. The molecule has 0 radical (unpaired) electrons. The standard InChI is InChI=1S/C21H39N/c1-17(13-14-19(3)22-21(7,8)9)11-10-12-18(2)15-16-20(4,5)6/h11,15H,10,12-14,16H2,1-9H3/b17-11+,18-15+,22-19+. The molecule has 22 heavy (non-hydrogen) atoms. The van der Waals surface area contributed by atoms with E-state index in [-0.39, 0.29) is 5.54 Å². The summed E-state index contributed by atoms with van der Waals surface area (Å²) < 4.78 is 0. The topological polar surface area (TPSA) is 12.4 Å². The lowest BCUT2D eigenvalue weighted by Gasteiger charge is -2.15. The number of hydrogen-bond donors (Lipinski definition) is 0. The molecular weight excluding hydrogens is 266 g/mol. The summed E-state index contributed by atoms with van der Waals surface area (Å²) in [6, 6.07) is 0. The summed E-state index contributed by atoms with van der Waals surface area (Å²) >= 11 is 0. The first kappa shape index (κ1) is 21.1. The molecule has 0 spiro atoms. The molecule has 1 heteroatoms. The van der Waals surface area contributed by atoms with Gasteiger partial charge in [-0.05, 0) is 79.1 Å². The van der Waals surface area contributed by atoms with Gasteiger partial charge in [0.1, 0.15) is 0 Å². The van der Waals surface area contributed by atoms with E-state index < -0.39 is 0 Å². The molecule has 0 aliphatic rings. The lowest BCUT2D eigenvalue weighted by molar-refractivity contribution is 0.419. The minimum atomic E-state index is 0.0522. The van der Waals surface area contributed by atoms with E-state index in [1.165, 1.54) is 29.7 Å². The van der Waals surface area contributed by atoms with Crippen molar-refractivity contribution in [1.82, 2.24) is 0 Å². The predicted molar refractivity (Wildman–Crippen MR) is 103 cm³/mol. The number of rotatable bonds is 7. The normalized spacial score (nSPS) is 15.4. The quantitative estimate of drug-likeness (QED) is 0.350. The van der Waals surface area contributed by atoms with Gasteiger partial charge >= 0.3 is 0 Å². The Morgan fingerprint density at radius 2 is 1.32 bits per heavy atom. The molecule has 0 aliphatic heterocycles. The van der Waals surface area contributed by atoms with E-state index >= 15 is 0 Å². The van der Waals surface area contributed by atoms with Gasteiger partial charge in [-0.3, -0.25) is 4.99 Å². The molecule has 0 aromatic carbocycles. The smallest absolute Gasteiger partial charge is 0.0523 e. The van der Waals surface area contributed by atoms with Crippen LogP contribution in [0, 0.1) is 5.41 Å². The minimum Gasteiger partial charge on any atom is -0.289 e. The van der Waals surface area contributed by atoms with E-state index in [1.54, 1.807) is 0 Å². The summed E-state index contributed by atoms with van der Waals surface area (Å²) in [4.78, 5) is 4.72. The largest absolute Gasteiger partial charge is 0.289 e. The van der Waals surface area contributed by atoms with Crippen LogP contribution in [0.4, 0.5) is 0 Å². The average Bonchev–Trinajstić information content (AvgIpc) is 2.31. The molecule has 0 saturated carbocycles. The third-order valence-corrected chi connectivity index (χ3v) is 3.50. The second-order valence-electron chi connectivity index (χ2n) is 8.92. The second-order valence-corrected chi connectivity index (χ2v) is 8.92. The fourth-order valence-corrected chi connectivity index (χ4v) is 2.24. The van der Waals surface area contributed by atoms with Crippen molar-refractivity contribution in [2.75, 3.05) is 0 Å². The van der Waals surface area contributed by atoms with Crippen LogP contribution >= 0.6 is 0 Å². The summed E-state index contributed by atoms with van der Waals surface area (Å²) in [5, 5.41) is 0.